The summed E-state index contributed by atoms with van der Waals surface area (Å²) in [7, 11) is 1.90. The molecule has 1 aliphatic heterocycles. The Balaban J connectivity index is 1.35. The first kappa shape index (κ1) is 32.6. The molecule has 5 aromatic rings. The molecule has 49 heavy (non-hydrogen) atoms. The van der Waals surface area contributed by atoms with Crippen LogP contribution in [0.1, 0.15) is 39.4 Å². The van der Waals surface area contributed by atoms with Crippen molar-refractivity contribution in [3.05, 3.63) is 154 Å². The maximum atomic E-state index is 14.4. The number of hydrogen-bond donors (Lipinski definition) is 4. The highest BCUT2D eigenvalue weighted by Gasteiger charge is 2.56. The molecule has 2 heterocycles. The molecule has 10 heteroatoms. The molecule has 0 spiro atoms. The van der Waals surface area contributed by atoms with E-state index in [1.807, 2.05) is 90.8 Å². The third kappa shape index (κ3) is 5.59. The molecular formula is C39H36F3N3O4. The number of halogens is 3. The van der Waals surface area contributed by atoms with Gasteiger partial charge in [0.2, 0.25) is 5.88 Å². The Morgan fingerprint density at radius 3 is 1.88 bits per heavy atom. The second kappa shape index (κ2) is 12.5. The zero-order chi connectivity index (χ0) is 34.5. The molecule has 2 atom stereocenters. The largest absolute Gasteiger partial charge is 0.493 e. The van der Waals surface area contributed by atoms with Gasteiger partial charge < -0.3 is 25.3 Å². The number of anilines is 1. The Morgan fingerprint density at radius 1 is 0.796 bits per heavy atom. The van der Waals surface area contributed by atoms with Gasteiger partial charge in [0, 0.05) is 35.7 Å². The summed E-state index contributed by atoms with van der Waals surface area (Å²) in [6.45, 7) is -0.160. The van der Waals surface area contributed by atoms with E-state index in [9.17, 15) is 33.6 Å². The fourth-order valence-electron chi connectivity index (χ4n) is 7.69. The summed E-state index contributed by atoms with van der Waals surface area (Å²) >= 11 is 0. The van der Waals surface area contributed by atoms with Crippen LogP contribution in [-0.4, -0.2) is 49.5 Å². The third-order valence-corrected chi connectivity index (χ3v) is 10.0. The van der Waals surface area contributed by atoms with Gasteiger partial charge in [-0.3, -0.25) is 0 Å². The van der Waals surface area contributed by atoms with Gasteiger partial charge in [-0.05, 0) is 53.3 Å². The van der Waals surface area contributed by atoms with Gasteiger partial charge in [-0.25, -0.2) is 4.68 Å². The second-order valence-corrected chi connectivity index (χ2v) is 12.9. The number of aromatic hydroxyl groups is 1. The molecule has 252 valence electrons. The molecule has 2 aliphatic rings. The maximum absolute atomic E-state index is 14.4. The van der Waals surface area contributed by atoms with Crippen LogP contribution < -0.4 is 4.90 Å². The number of para-hydroxylation sites is 1. The lowest BCUT2D eigenvalue weighted by Crippen LogP contribution is -2.53. The second-order valence-electron chi connectivity index (χ2n) is 12.9. The van der Waals surface area contributed by atoms with E-state index in [0.29, 0.717) is 12.8 Å². The Labute approximate surface area is 281 Å². The fraction of sp³-hybridized carbons (Fsp3) is 0.256. The van der Waals surface area contributed by atoms with Crippen LogP contribution >= 0.6 is 0 Å². The molecular weight excluding hydrogens is 631 g/mol. The number of rotatable bonds is 8. The zero-order valence-electron chi connectivity index (χ0n) is 26.7. The highest BCUT2D eigenvalue weighted by atomic mass is 19.4. The summed E-state index contributed by atoms with van der Waals surface area (Å²) in [5, 5.41) is 48.2. The molecule has 1 saturated carbocycles. The van der Waals surface area contributed by atoms with Crippen LogP contribution in [0.3, 0.4) is 0 Å². The Morgan fingerprint density at radius 2 is 1.35 bits per heavy atom. The molecule has 4 aromatic carbocycles. The predicted molar refractivity (Wildman–Crippen MR) is 179 cm³/mol. The molecule has 4 N–H and O–H groups in total. The molecule has 0 amide bonds. The van der Waals surface area contributed by atoms with Gasteiger partial charge in [-0.15, -0.1) is 0 Å². The number of alkyl halides is 3. The number of fused-ring (bicyclic) bond motifs is 1. The van der Waals surface area contributed by atoms with Crippen LogP contribution in [0.4, 0.5) is 18.9 Å². The van der Waals surface area contributed by atoms with E-state index in [1.54, 1.807) is 24.3 Å². The Bertz CT molecular complexity index is 1930. The molecule has 2 unspecified atom stereocenters. The summed E-state index contributed by atoms with van der Waals surface area (Å²) in [6, 6.07) is 33.6. The molecule has 7 rings (SSSR count). The lowest BCUT2D eigenvalue weighted by Gasteiger charge is -2.46. The number of hydrogen-bond acceptors (Lipinski definition) is 6. The minimum Gasteiger partial charge on any atom is -0.493 e. The van der Waals surface area contributed by atoms with Crippen LogP contribution in [0.5, 0.6) is 5.88 Å². The van der Waals surface area contributed by atoms with Crippen molar-refractivity contribution < 1.29 is 33.6 Å². The summed E-state index contributed by atoms with van der Waals surface area (Å²) < 4.78 is 43.8. The first-order chi connectivity index (χ1) is 23.5. The molecule has 1 fully saturated rings. The van der Waals surface area contributed by atoms with Crippen LogP contribution in [-0.2, 0) is 31.0 Å². The van der Waals surface area contributed by atoms with Gasteiger partial charge in [-0.1, -0.05) is 97.1 Å². The molecule has 7 nitrogen and oxygen atoms in total. The van der Waals surface area contributed by atoms with Crippen molar-refractivity contribution in [2.75, 3.05) is 11.9 Å². The maximum Gasteiger partial charge on any atom is 0.435 e. The number of nitrogens with zero attached hydrogens (tertiary/aromatic N) is 3. The standard InChI is InChI=1S/C39H36F3N3O4/c1-44-30-18-17-26(23-46)19-29(30)38(21-24-11-5-2-6-12-24,22-25-13-7-3-8-14-25)31(44)20-28-34(47)32(35(28)48)33-36(39(40,41)42)43-45(37(33)49)27-15-9-4-10-16-27/h2-20,28,32,34-35,46-49H,21-23H2,1H3. The zero-order valence-corrected chi connectivity index (χ0v) is 26.7. The van der Waals surface area contributed by atoms with Gasteiger partial charge in [-0.2, -0.15) is 18.3 Å². The molecule has 1 aromatic heterocycles. The van der Waals surface area contributed by atoms with Gasteiger partial charge in [0.05, 0.1) is 30.1 Å². The van der Waals surface area contributed by atoms with Crippen molar-refractivity contribution >= 4 is 5.69 Å². The van der Waals surface area contributed by atoms with E-state index < -0.39 is 52.8 Å². The van der Waals surface area contributed by atoms with E-state index in [-0.39, 0.29) is 12.3 Å². The fourth-order valence-corrected chi connectivity index (χ4v) is 7.69. The summed E-state index contributed by atoms with van der Waals surface area (Å²) in [4.78, 5) is 2.00. The van der Waals surface area contributed by atoms with Gasteiger partial charge in [0.15, 0.2) is 5.69 Å². The third-order valence-electron chi connectivity index (χ3n) is 10.0. The Kier molecular flexibility index (Phi) is 8.34. The quantitative estimate of drug-likeness (QED) is 0.155. The van der Waals surface area contributed by atoms with Crippen molar-refractivity contribution in [2.45, 2.75) is 49.2 Å². The molecule has 0 radical (unpaired) electrons. The number of aliphatic hydroxyl groups excluding tert-OH is 3. The van der Waals surface area contributed by atoms with Crippen LogP contribution in [0.2, 0.25) is 0 Å². The van der Waals surface area contributed by atoms with Crippen molar-refractivity contribution in [3.8, 4) is 11.6 Å². The van der Waals surface area contributed by atoms with Crippen molar-refractivity contribution in [2.24, 2.45) is 5.92 Å². The first-order valence-electron chi connectivity index (χ1n) is 16.1. The number of aromatic nitrogens is 2. The highest BCUT2D eigenvalue weighted by Crippen LogP contribution is 2.55. The van der Waals surface area contributed by atoms with Crippen LogP contribution in [0.25, 0.3) is 5.69 Å². The number of aliphatic hydroxyl groups is 3. The number of likely N-dealkylation sites (N-methyl/N-ethyl adjacent to an activating group) is 1. The molecule has 0 saturated heterocycles. The van der Waals surface area contributed by atoms with Crippen molar-refractivity contribution in [1.29, 1.82) is 0 Å². The van der Waals surface area contributed by atoms with E-state index >= 15 is 0 Å². The summed E-state index contributed by atoms with van der Waals surface area (Å²) in [6.07, 6.45) is -5.02. The minimum absolute atomic E-state index is 0.160. The van der Waals surface area contributed by atoms with Crippen LogP contribution in [0, 0.1) is 5.92 Å². The average Bonchev–Trinajstić information content (AvgIpc) is 3.55. The molecule has 1 aliphatic carbocycles. The van der Waals surface area contributed by atoms with Crippen molar-refractivity contribution in [1.82, 2.24) is 9.78 Å². The average molecular weight is 668 g/mol. The summed E-state index contributed by atoms with van der Waals surface area (Å²) in [5.74, 6) is -3.18. The smallest absolute Gasteiger partial charge is 0.435 e. The predicted octanol–water partition coefficient (Wildman–Crippen LogP) is 6.28. The topological polar surface area (TPSA) is 102 Å². The SMILES string of the molecule is CN1C(=CC2C(O)C(c3c(C(F)(F)F)nn(-c4ccccc4)c3O)C2O)C(Cc2ccccc2)(Cc2ccccc2)c2cc(CO)ccc21. The molecule has 0 bridgehead atoms. The van der Waals surface area contributed by atoms with Gasteiger partial charge in [0.1, 0.15) is 0 Å². The van der Waals surface area contributed by atoms with Crippen molar-refractivity contribution in [3.63, 3.8) is 0 Å². The highest BCUT2D eigenvalue weighted by molar-refractivity contribution is 5.72. The number of benzene rings is 4. The van der Waals surface area contributed by atoms with E-state index in [0.717, 1.165) is 38.3 Å². The van der Waals surface area contributed by atoms with Gasteiger partial charge in [0.25, 0.3) is 0 Å². The lowest BCUT2D eigenvalue weighted by molar-refractivity contribution is -0.145. The van der Waals surface area contributed by atoms with Gasteiger partial charge >= 0.3 is 6.18 Å². The van der Waals surface area contributed by atoms with E-state index in [1.165, 1.54) is 12.1 Å². The first-order valence-corrected chi connectivity index (χ1v) is 16.1. The van der Waals surface area contributed by atoms with E-state index in [2.05, 4.69) is 5.10 Å². The minimum atomic E-state index is -4.95. The number of allylic oxidation sites excluding steroid dienone is 1. The monoisotopic (exact) mass is 667 g/mol. The lowest BCUT2D eigenvalue weighted by atomic mass is 9.63. The Hall–Kier alpha value is -4.90. The van der Waals surface area contributed by atoms with Crippen LogP contribution in [0.15, 0.2) is 121 Å². The summed E-state index contributed by atoms with van der Waals surface area (Å²) in [5.41, 5.74) is 2.91. The van der Waals surface area contributed by atoms with E-state index in [4.69, 9.17) is 0 Å². The normalized spacial score (nSPS) is 22.3.